The Labute approximate surface area is 178 Å². The van der Waals surface area contributed by atoms with Crippen molar-refractivity contribution in [2.45, 2.75) is 12.8 Å². The van der Waals surface area contributed by atoms with Crippen molar-refractivity contribution in [3.8, 4) is 11.5 Å². The monoisotopic (exact) mass is 416 g/mol. The summed E-state index contributed by atoms with van der Waals surface area (Å²) in [6, 6.07) is 14.9. The molecule has 3 aromatic rings. The van der Waals surface area contributed by atoms with Gasteiger partial charge in [0.05, 0.1) is 0 Å². The first-order chi connectivity index (χ1) is 15.0. The summed E-state index contributed by atoms with van der Waals surface area (Å²) >= 11 is 0. The SMILES string of the molecule is CNC(=O)c1cc(Oc2ccc(NC(=O)Nc3ccc4c(c3)CCC4=O)cc2)ccn1. The molecular formula is C23H20N4O4. The number of aromatic nitrogens is 1. The van der Waals surface area contributed by atoms with Crippen molar-refractivity contribution >= 4 is 29.1 Å². The van der Waals surface area contributed by atoms with E-state index in [-0.39, 0.29) is 23.4 Å². The number of hydrogen-bond acceptors (Lipinski definition) is 5. The number of Topliss-reactive ketones (excluding diaryl/α,β-unsaturated/α-hetero) is 1. The highest BCUT2D eigenvalue weighted by Crippen LogP contribution is 2.26. The molecule has 156 valence electrons. The number of nitrogens with zero attached hydrogens (tertiary/aromatic N) is 1. The number of rotatable bonds is 5. The molecule has 0 spiro atoms. The Morgan fingerprint density at radius 1 is 0.903 bits per heavy atom. The molecule has 0 fully saturated rings. The topological polar surface area (TPSA) is 109 Å². The summed E-state index contributed by atoms with van der Waals surface area (Å²) in [5.74, 6) is 0.862. The first kappa shape index (κ1) is 20.1. The second kappa shape index (κ2) is 8.66. The van der Waals surface area contributed by atoms with Gasteiger partial charge in [0.15, 0.2) is 5.78 Å². The molecule has 4 rings (SSSR count). The number of ether oxygens (including phenoxy) is 1. The minimum Gasteiger partial charge on any atom is -0.457 e. The lowest BCUT2D eigenvalue weighted by Crippen LogP contribution is -2.19. The third kappa shape index (κ3) is 4.69. The van der Waals surface area contributed by atoms with Crippen LogP contribution in [0.25, 0.3) is 0 Å². The third-order valence-corrected chi connectivity index (χ3v) is 4.82. The van der Waals surface area contributed by atoms with Gasteiger partial charge in [0.2, 0.25) is 0 Å². The molecule has 0 unspecified atom stereocenters. The maximum Gasteiger partial charge on any atom is 0.323 e. The zero-order chi connectivity index (χ0) is 21.8. The molecule has 0 aliphatic heterocycles. The number of nitrogens with one attached hydrogen (secondary N) is 3. The van der Waals surface area contributed by atoms with Gasteiger partial charge >= 0.3 is 6.03 Å². The van der Waals surface area contributed by atoms with Crippen LogP contribution in [0.15, 0.2) is 60.8 Å². The summed E-state index contributed by atoms with van der Waals surface area (Å²) in [5.41, 5.74) is 3.17. The molecule has 1 aliphatic rings. The van der Waals surface area contributed by atoms with E-state index in [2.05, 4.69) is 20.9 Å². The number of anilines is 2. The molecule has 8 heteroatoms. The van der Waals surface area contributed by atoms with Crippen molar-refractivity contribution in [1.29, 1.82) is 0 Å². The van der Waals surface area contributed by atoms with Crippen molar-refractivity contribution in [3.05, 3.63) is 77.6 Å². The average Bonchev–Trinajstić information content (AvgIpc) is 3.14. The number of carbonyl (C=O) groups excluding carboxylic acids is 3. The molecule has 1 heterocycles. The Morgan fingerprint density at radius 3 is 2.42 bits per heavy atom. The second-order valence-corrected chi connectivity index (χ2v) is 6.96. The Balaban J connectivity index is 1.36. The van der Waals surface area contributed by atoms with E-state index in [4.69, 9.17) is 4.74 Å². The van der Waals surface area contributed by atoms with Crippen LogP contribution in [-0.2, 0) is 6.42 Å². The Bertz CT molecular complexity index is 1160. The molecule has 0 saturated carbocycles. The fraction of sp³-hybridized carbons (Fsp3) is 0.130. The largest absolute Gasteiger partial charge is 0.457 e. The predicted molar refractivity (Wildman–Crippen MR) is 116 cm³/mol. The molecule has 0 bridgehead atoms. The Kier molecular flexibility index (Phi) is 5.61. The summed E-state index contributed by atoms with van der Waals surface area (Å²) < 4.78 is 5.74. The van der Waals surface area contributed by atoms with Crippen molar-refractivity contribution in [2.75, 3.05) is 17.7 Å². The second-order valence-electron chi connectivity index (χ2n) is 6.96. The molecule has 8 nitrogen and oxygen atoms in total. The van der Waals surface area contributed by atoms with Crippen LogP contribution >= 0.6 is 0 Å². The van der Waals surface area contributed by atoms with Gasteiger partial charge in [-0.1, -0.05) is 0 Å². The quantitative estimate of drug-likeness (QED) is 0.582. The fourth-order valence-corrected chi connectivity index (χ4v) is 3.30. The van der Waals surface area contributed by atoms with Crippen LogP contribution in [0.2, 0.25) is 0 Å². The number of urea groups is 1. The minimum absolute atomic E-state index is 0.143. The molecule has 31 heavy (non-hydrogen) atoms. The Hall–Kier alpha value is -4.20. The van der Waals surface area contributed by atoms with Crippen molar-refractivity contribution in [1.82, 2.24) is 10.3 Å². The van der Waals surface area contributed by atoms with Crippen LogP contribution in [-0.4, -0.2) is 29.8 Å². The number of hydrogen-bond donors (Lipinski definition) is 3. The molecule has 1 aromatic heterocycles. The zero-order valence-electron chi connectivity index (χ0n) is 16.8. The average molecular weight is 416 g/mol. The third-order valence-electron chi connectivity index (χ3n) is 4.82. The smallest absolute Gasteiger partial charge is 0.323 e. The summed E-state index contributed by atoms with van der Waals surface area (Å²) in [7, 11) is 1.53. The standard InChI is InChI=1S/C23H20N4O4/c1-24-22(29)20-13-18(10-11-25-20)31-17-6-3-15(4-7-17)26-23(30)27-16-5-8-19-14(12-16)2-9-21(19)28/h3-8,10-13H,2,9H2,1H3,(H,24,29)(H2,26,27,30). The first-order valence-electron chi connectivity index (χ1n) is 9.72. The summed E-state index contributed by atoms with van der Waals surface area (Å²) in [5, 5.41) is 8.04. The van der Waals surface area contributed by atoms with Gasteiger partial charge in [-0.15, -0.1) is 0 Å². The van der Waals surface area contributed by atoms with Gasteiger partial charge in [-0.2, -0.15) is 0 Å². The molecule has 0 radical (unpaired) electrons. The molecule has 3 N–H and O–H groups in total. The minimum atomic E-state index is -0.387. The maximum absolute atomic E-state index is 12.3. The van der Waals surface area contributed by atoms with Gasteiger partial charge < -0.3 is 20.7 Å². The number of benzene rings is 2. The zero-order valence-corrected chi connectivity index (χ0v) is 16.8. The van der Waals surface area contributed by atoms with Crippen LogP contribution in [0.5, 0.6) is 11.5 Å². The number of fused-ring (bicyclic) bond motifs is 1. The van der Waals surface area contributed by atoms with E-state index in [1.54, 1.807) is 48.5 Å². The lowest BCUT2D eigenvalue weighted by molar-refractivity contribution is 0.0956. The molecule has 0 atom stereocenters. The van der Waals surface area contributed by atoms with Crippen molar-refractivity contribution < 1.29 is 19.1 Å². The molecular weight excluding hydrogens is 396 g/mol. The van der Waals surface area contributed by atoms with E-state index in [1.165, 1.54) is 13.2 Å². The number of carbonyl (C=O) groups is 3. The van der Waals surface area contributed by atoms with Gasteiger partial charge in [0.25, 0.3) is 5.91 Å². The molecule has 3 amide bonds. The number of ketones is 1. The van der Waals surface area contributed by atoms with Gasteiger partial charge in [-0.05, 0) is 60.5 Å². The summed E-state index contributed by atoms with van der Waals surface area (Å²) in [6.07, 6.45) is 2.72. The van der Waals surface area contributed by atoms with Gasteiger partial charge in [-0.25, -0.2) is 4.79 Å². The molecule has 0 saturated heterocycles. The molecule has 2 aromatic carbocycles. The van der Waals surface area contributed by atoms with Crippen LogP contribution in [0.1, 0.15) is 32.8 Å². The normalized spacial score (nSPS) is 12.1. The highest BCUT2D eigenvalue weighted by Gasteiger charge is 2.19. The van der Waals surface area contributed by atoms with Crippen molar-refractivity contribution in [2.24, 2.45) is 0 Å². The predicted octanol–water partition coefficient (Wildman–Crippen LogP) is 4.01. The van der Waals surface area contributed by atoms with Gasteiger partial charge in [0, 0.05) is 42.7 Å². The highest BCUT2D eigenvalue weighted by atomic mass is 16.5. The highest BCUT2D eigenvalue weighted by molar-refractivity contribution is 6.03. The van der Waals surface area contributed by atoms with Crippen LogP contribution < -0.4 is 20.7 Å². The van der Waals surface area contributed by atoms with Crippen LogP contribution in [0, 0.1) is 0 Å². The van der Waals surface area contributed by atoms with Gasteiger partial charge in [-0.3, -0.25) is 14.6 Å². The number of pyridine rings is 1. The van der Waals surface area contributed by atoms with E-state index >= 15 is 0 Å². The van der Waals surface area contributed by atoms with E-state index < -0.39 is 0 Å². The van der Waals surface area contributed by atoms with Crippen molar-refractivity contribution in [3.63, 3.8) is 0 Å². The van der Waals surface area contributed by atoms with Crippen LogP contribution in [0.3, 0.4) is 0 Å². The van der Waals surface area contributed by atoms with Gasteiger partial charge in [0.1, 0.15) is 17.2 Å². The first-order valence-corrected chi connectivity index (χ1v) is 9.72. The fourth-order valence-electron chi connectivity index (χ4n) is 3.30. The maximum atomic E-state index is 12.3. The summed E-state index contributed by atoms with van der Waals surface area (Å²) in [6.45, 7) is 0. The lowest BCUT2D eigenvalue weighted by atomic mass is 10.1. The van der Waals surface area contributed by atoms with E-state index in [0.29, 0.717) is 35.7 Å². The van der Waals surface area contributed by atoms with Crippen LogP contribution in [0.4, 0.5) is 16.2 Å². The summed E-state index contributed by atoms with van der Waals surface area (Å²) in [4.78, 5) is 39.7. The lowest BCUT2D eigenvalue weighted by Gasteiger charge is -2.10. The van der Waals surface area contributed by atoms with E-state index in [9.17, 15) is 14.4 Å². The van der Waals surface area contributed by atoms with E-state index in [0.717, 1.165) is 11.1 Å². The number of amides is 3. The number of aryl methyl sites for hydroxylation is 1. The Morgan fingerprint density at radius 2 is 1.65 bits per heavy atom. The molecule has 1 aliphatic carbocycles. The van der Waals surface area contributed by atoms with E-state index in [1.807, 2.05) is 6.07 Å².